The van der Waals surface area contributed by atoms with E-state index in [1.165, 1.54) is 7.11 Å². The van der Waals surface area contributed by atoms with Crippen LogP contribution in [0.2, 0.25) is 0 Å². The van der Waals surface area contributed by atoms with Crippen molar-refractivity contribution in [1.82, 2.24) is 9.88 Å². The third-order valence-corrected chi connectivity index (χ3v) is 4.32. The van der Waals surface area contributed by atoms with Crippen LogP contribution in [0.5, 0.6) is 11.6 Å². The Labute approximate surface area is 159 Å². The predicted octanol–water partition coefficient (Wildman–Crippen LogP) is 2.80. The molecule has 27 heavy (non-hydrogen) atoms. The van der Waals surface area contributed by atoms with Crippen LogP contribution >= 0.6 is 0 Å². The van der Waals surface area contributed by atoms with Gasteiger partial charge in [0.15, 0.2) is 0 Å². The number of likely N-dealkylation sites (N-methyl/N-ethyl adjacent to an activating group) is 1. The molecule has 0 aliphatic heterocycles. The third kappa shape index (κ3) is 4.46. The summed E-state index contributed by atoms with van der Waals surface area (Å²) in [6.07, 6.45) is 0. The van der Waals surface area contributed by atoms with Crippen LogP contribution in [0.15, 0.2) is 24.3 Å². The monoisotopic (exact) mass is 365 g/mol. The highest BCUT2D eigenvalue weighted by atomic mass is 16.5. The maximum atomic E-state index is 9.52. The minimum atomic E-state index is 0.0305. The number of hydrogen-bond acceptors (Lipinski definition) is 7. The standard InChI is InChI=1S/C20H23N5O2/c1-4-25(5-2)10-11-27-15-8-6-14(7-9-15)18-16(12-21)19(23)24-20(26-3)17(18)13-22/h6-9H,4-5,10-11H2,1-3H3,(H2,23,24). The second kappa shape index (κ2) is 9.42. The number of hydrogen-bond donors (Lipinski definition) is 1. The fourth-order valence-electron chi connectivity index (χ4n) is 2.78. The molecule has 140 valence electrons. The van der Waals surface area contributed by atoms with E-state index in [4.69, 9.17) is 15.2 Å². The van der Waals surface area contributed by atoms with Gasteiger partial charge in [-0.25, -0.2) is 0 Å². The molecule has 0 spiro atoms. The first-order valence-corrected chi connectivity index (χ1v) is 8.72. The molecule has 0 atom stereocenters. The normalized spacial score (nSPS) is 10.3. The number of nitrogen functional groups attached to an aromatic ring is 1. The van der Waals surface area contributed by atoms with E-state index in [0.29, 0.717) is 17.7 Å². The summed E-state index contributed by atoms with van der Waals surface area (Å²) in [5, 5.41) is 19.0. The van der Waals surface area contributed by atoms with Gasteiger partial charge in [-0.1, -0.05) is 26.0 Å². The Kier molecular flexibility index (Phi) is 6.99. The third-order valence-electron chi connectivity index (χ3n) is 4.32. The smallest absolute Gasteiger partial charge is 0.234 e. The van der Waals surface area contributed by atoms with Crippen LogP contribution in [-0.2, 0) is 0 Å². The number of methoxy groups -OCH3 is 1. The zero-order chi connectivity index (χ0) is 19.8. The fourth-order valence-corrected chi connectivity index (χ4v) is 2.78. The van der Waals surface area contributed by atoms with E-state index in [0.717, 1.165) is 25.4 Å². The number of ether oxygens (including phenoxy) is 2. The van der Waals surface area contributed by atoms with E-state index in [-0.39, 0.29) is 22.8 Å². The number of nitriles is 2. The van der Waals surface area contributed by atoms with Gasteiger partial charge in [0.1, 0.15) is 41.4 Å². The number of aromatic nitrogens is 1. The SMILES string of the molecule is CCN(CC)CCOc1ccc(-c2c(C#N)c(N)nc(OC)c2C#N)cc1. The number of pyridine rings is 1. The van der Waals surface area contributed by atoms with Gasteiger partial charge in [-0.15, -0.1) is 0 Å². The molecular formula is C20H23N5O2. The first-order chi connectivity index (χ1) is 13.1. The van der Waals surface area contributed by atoms with Crippen LogP contribution < -0.4 is 15.2 Å². The summed E-state index contributed by atoms with van der Waals surface area (Å²) in [5.41, 5.74) is 7.29. The summed E-state index contributed by atoms with van der Waals surface area (Å²) in [6, 6.07) is 11.3. The van der Waals surface area contributed by atoms with Crippen molar-refractivity contribution in [3.63, 3.8) is 0 Å². The lowest BCUT2D eigenvalue weighted by atomic mass is 9.96. The fraction of sp³-hybridized carbons (Fsp3) is 0.350. The van der Waals surface area contributed by atoms with Gasteiger partial charge in [-0.3, -0.25) is 0 Å². The summed E-state index contributed by atoms with van der Waals surface area (Å²) in [6.45, 7) is 7.64. The maximum Gasteiger partial charge on any atom is 0.234 e. The molecule has 0 saturated heterocycles. The average Bonchev–Trinajstić information content (AvgIpc) is 2.70. The van der Waals surface area contributed by atoms with Crippen molar-refractivity contribution in [2.75, 3.05) is 39.1 Å². The highest BCUT2D eigenvalue weighted by Gasteiger charge is 2.20. The summed E-state index contributed by atoms with van der Waals surface area (Å²) >= 11 is 0. The highest BCUT2D eigenvalue weighted by Crippen LogP contribution is 2.35. The first kappa shape index (κ1) is 20.0. The molecule has 7 nitrogen and oxygen atoms in total. The van der Waals surface area contributed by atoms with Crippen LogP contribution in [0, 0.1) is 22.7 Å². The first-order valence-electron chi connectivity index (χ1n) is 8.72. The molecule has 0 aliphatic rings. The topological polar surface area (TPSA) is 108 Å². The van der Waals surface area contributed by atoms with Crippen molar-refractivity contribution in [2.24, 2.45) is 0 Å². The van der Waals surface area contributed by atoms with Crippen LogP contribution in [0.1, 0.15) is 25.0 Å². The highest BCUT2D eigenvalue weighted by molar-refractivity contribution is 5.82. The molecule has 7 heteroatoms. The molecule has 0 fully saturated rings. The molecule has 1 heterocycles. The molecule has 0 unspecified atom stereocenters. The van der Waals surface area contributed by atoms with Crippen LogP contribution in [-0.4, -0.2) is 43.2 Å². The Morgan fingerprint density at radius 3 is 2.22 bits per heavy atom. The maximum absolute atomic E-state index is 9.52. The zero-order valence-corrected chi connectivity index (χ0v) is 15.8. The van der Waals surface area contributed by atoms with E-state index < -0.39 is 0 Å². The lowest BCUT2D eigenvalue weighted by Crippen LogP contribution is -2.27. The van der Waals surface area contributed by atoms with E-state index in [1.54, 1.807) is 12.1 Å². The second-order valence-electron chi connectivity index (χ2n) is 5.75. The number of benzene rings is 1. The molecule has 0 amide bonds. The van der Waals surface area contributed by atoms with Gasteiger partial charge in [0.2, 0.25) is 5.88 Å². The van der Waals surface area contributed by atoms with Gasteiger partial charge in [0.05, 0.1) is 7.11 Å². The quantitative estimate of drug-likeness (QED) is 0.766. The summed E-state index contributed by atoms with van der Waals surface area (Å²) < 4.78 is 10.9. The van der Waals surface area contributed by atoms with Gasteiger partial charge >= 0.3 is 0 Å². The number of anilines is 1. The van der Waals surface area contributed by atoms with Crippen molar-refractivity contribution in [3.05, 3.63) is 35.4 Å². The summed E-state index contributed by atoms with van der Waals surface area (Å²) in [4.78, 5) is 6.27. The Morgan fingerprint density at radius 1 is 1.07 bits per heavy atom. The molecule has 0 bridgehead atoms. The van der Waals surface area contributed by atoms with Crippen molar-refractivity contribution < 1.29 is 9.47 Å². The largest absolute Gasteiger partial charge is 0.492 e. The molecule has 2 N–H and O–H groups in total. The molecule has 0 radical (unpaired) electrons. The molecule has 1 aromatic carbocycles. The van der Waals surface area contributed by atoms with Gasteiger partial charge in [-0.05, 0) is 30.8 Å². The van der Waals surface area contributed by atoms with Gasteiger partial charge in [-0.2, -0.15) is 15.5 Å². The van der Waals surface area contributed by atoms with E-state index in [2.05, 4.69) is 29.8 Å². The zero-order valence-electron chi connectivity index (χ0n) is 15.8. The Bertz CT molecular complexity index is 862. The van der Waals surface area contributed by atoms with Gasteiger partial charge < -0.3 is 20.1 Å². The van der Waals surface area contributed by atoms with Crippen molar-refractivity contribution in [2.45, 2.75) is 13.8 Å². The van der Waals surface area contributed by atoms with Gasteiger partial charge in [0, 0.05) is 12.1 Å². The lowest BCUT2D eigenvalue weighted by molar-refractivity contribution is 0.223. The minimum absolute atomic E-state index is 0.0305. The molecule has 0 saturated carbocycles. The number of nitrogens with two attached hydrogens (primary N) is 1. The van der Waals surface area contributed by atoms with E-state index in [9.17, 15) is 10.5 Å². The predicted molar refractivity (Wildman–Crippen MR) is 103 cm³/mol. The number of rotatable bonds is 8. The minimum Gasteiger partial charge on any atom is -0.492 e. The Balaban J connectivity index is 2.31. The molecule has 2 rings (SSSR count). The molecule has 0 aliphatic carbocycles. The van der Waals surface area contributed by atoms with Crippen molar-refractivity contribution in [3.8, 4) is 34.9 Å². The van der Waals surface area contributed by atoms with Crippen LogP contribution in [0.3, 0.4) is 0 Å². The van der Waals surface area contributed by atoms with Gasteiger partial charge in [0.25, 0.3) is 0 Å². The van der Waals surface area contributed by atoms with E-state index in [1.807, 2.05) is 18.2 Å². The van der Waals surface area contributed by atoms with E-state index >= 15 is 0 Å². The molecular weight excluding hydrogens is 342 g/mol. The summed E-state index contributed by atoms with van der Waals surface area (Å²) in [7, 11) is 1.41. The van der Waals surface area contributed by atoms with Crippen LogP contribution in [0.25, 0.3) is 11.1 Å². The second-order valence-corrected chi connectivity index (χ2v) is 5.75. The van der Waals surface area contributed by atoms with Crippen molar-refractivity contribution >= 4 is 5.82 Å². The lowest BCUT2D eigenvalue weighted by Gasteiger charge is -2.18. The van der Waals surface area contributed by atoms with Crippen LogP contribution in [0.4, 0.5) is 5.82 Å². The Hall–Kier alpha value is -3.29. The average molecular weight is 365 g/mol. The number of nitrogens with zero attached hydrogens (tertiary/aromatic N) is 4. The van der Waals surface area contributed by atoms with Crippen molar-refractivity contribution in [1.29, 1.82) is 10.5 Å². The Morgan fingerprint density at radius 2 is 1.70 bits per heavy atom. The summed E-state index contributed by atoms with van der Waals surface area (Å²) in [5.74, 6) is 0.850. The molecule has 1 aromatic heterocycles. The molecule has 2 aromatic rings.